The molecule has 0 fully saturated rings. The molecule has 2 unspecified atom stereocenters. The molecule has 1 aromatic heterocycles. The van der Waals surface area contributed by atoms with Gasteiger partial charge in [-0.1, -0.05) is 0 Å². The van der Waals surface area contributed by atoms with Gasteiger partial charge in [0, 0.05) is 18.0 Å². The molecular formula is C10H13N3O5. The second kappa shape index (κ2) is 6.03. The highest BCUT2D eigenvalue weighted by Gasteiger charge is 2.21. The quantitative estimate of drug-likeness (QED) is 0.546. The number of hydrogen-bond donors (Lipinski definition) is 3. The fraction of sp³-hybridized carbons (Fsp3) is 0.400. The minimum atomic E-state index is -1.36. The second-order valence-electron chi connectivity index (χ2n) is 3.51. The number of aliphatic hydroxyl groups is 2. The zero-order chi connectivity index (χ0) is 13.7. The molecule has 1 amide bonds. The Bertz CT molecular complexity index is 434. The van der Waals surface area contributed by atoms with Crippen molar-refractivity contribution < 1.29 is 24.5 Å². The highest BCUT2D eigenvalue weighted by atomic mass is 16.5. The number of ether oxygens (including phenoxy) is 1. The molecular weight excluding hydrogens is 242 g/mol. The van der Waals surface area contributed by atoms with E-state index in [9.17, 15) is 19.8 Å². The van der Waals surface area contributed by atoms with E-state index in [1.807, 2.05) is 0 Å². The summed E-state index contributed by atoms with van der Waals surface area (Å²) in [7, 11) is 1.19. The minimum absolute atomic E-state index is 0.163. The third kappa shape index (κ3) is 3.47. The first-order valence-corrected chi connectivity index (χ1v) is 5.00. The van der Waals surface area contributed by atoms with Crippen LogP contribution >= 0.6 is 0 Å². The normalized spacial score (nSPS) is 13.7. The molecule has 0 aliphatic heterocycles. The van der Waals surface area contributed by atoms with Crippen molar-refractivity contribution in [3.05, 3.63) is 23.8 Å². The summed E-state index contributed by atoms with van der Waals surface area (Å²) in [6.07, 6.45) is -0.776. The summed E-state index contributed by atoms with van der Waals surface area (Å²) in [6, 6.07) is 0. The van der Waals surface area contributed by atoms with E-state index in [-0.39, 0.29) is 17.8 Å². The second-order valence-corrected chi connectivity index (χ2v) is 3.51. The molecule has 1 heterocycles. The number of aromatic nitrogens is 2. The van der Waals surface area contributed by atoms with Crippen LogP contribution in [0.25, 0.3) is 0 Å². The molecule has 0 bridgehead atoms. The maximum atomic E-state index is 11.1. The van der Waals surface area contributed by atoms with E-state index in [1.54, 1.807) is 0 Å². The fourth-order valence-corrected chi connectivity index (χ4v) is 1.23. The monoisotopic (exact) mass is 255 g/mol. The molecule has 1 rings (SSSR count). The standard InChI is InChI=1S/C10H13N3O5/c1-18-10(17)9-12-3-5(4-13-9)8(16)6(14)2-7(11)15/h3-4,6,8,14,16H,2H2,1H3,(H2,11,15). The Balaban J connectivity index is 2.78. The molecule has 18 heavy (non-hydrogen) atoms. The highest BCUT2D eigenvalue weighted by molar-refractivity contribution is 5.84. The number of rotatable bonds is 5. The van der Waals surface area contributed by atoms with Gasteiger partial charge in [0.05, 0.1) is 19.6 Å². The number of primary amides is 1. The Labute approximate surface area is 102 Å². The van der Waals surface area contributed by atoms with Gasteiger partial charge in [0.25, 0.3) is 0 Å². The largest absolute Gasteiger partial charge is 0.463 e. The van der Waals surface area contributed by atoms with Gasteiger partial charge in [-0.15, -0.1) is 0 Å². The van der Waals surface area contributed by atoms with Crippen LogP contribution < -0.4 is 5.73 Å². The fourth-order valence-electron chi connectivity index (χ4n) is 1.23. The van der Waals surface area contributed by atoms with Gasteiger partial charge in [-0.2, -0.15) is 0 Å². The smallest absolute Gasteiger partial charge is 0.376 e. The summed E-state index contributed by atoms with van der Waals surface area (Å²) in [6.45, 7) is 0. The number of nitrogens with zero attached hydrogens (tertiary/aromatic N) is 2. The number of carbonyl (C=O) groups excluding carboxylic acids is 2. The van der Waals surface area contributed by atoms with E-state index in [0.717, 1.165) is 12.4 Å². The number of esters is 1. The Morgan fingerprint density at radius 2 is 1.94 bits per heavy atom. The van der Waals surface area contributed by atoms with Crippen molar-refractivity contribution >= 4 is 11.9 Å². The number of methoxy groups -OCH3 is 1. The van der Waals surface area contributed by atoms with Crippen LogP contribution in [0.4, 0.5) is 0 Å². The van der Waals surface area contributed by atoms with Crippen molar-refractivity contribution in [1.82, 2.24) is 9.97 Å². The molecule has 0 saturated heterocycles. The summed E-state index contributed by atoms with van der Waals surface area (Å²) in [4.78, 5) is 29.0. The zero-order valence-corrected chi connectivity index (χ0v) is 9.61. The van der Waals surface area contributed by atoms with E-state index in [2.05, 4.69) is 14.7 Å². The first-order valence-electron chi connectivity index (χ1n) is 5.00. The van der Waals surface area contributed by atoms with E-state index in [0.29, 0.717) is 0 Å². The van der Waals surface area contributed by atoms with Crippen LogP contribution in [-0.2, 0) is 9.53 Å². The molecule has 0 aliphatic carbocycles. The molecule has 98 valence electrons. The Hall–Kier alpha value is -2.06. The van der Waals surface area contributed by atoms with E-state index >= 15 is 0 Å². The molecule has 0 aromatic carbocycles. The maximum Gasteiger partial charge on any atom is 0.376 e. The number of nitrogens with two attached hydrogens (primary N) is 1. The summed E-state index contributed by atoms with van der Waals surface area (Å²) < 4.78 is 4.40. The molecule has 8 nitrogen and oxygen atoms in total. The predicted molar refractivity (Wildman–Crippen MR) is 58.1 cm³/mol. The van der Waals surface area contributed by atoms with Gasteiger partial charge in [0.2, 0.25) is 11.7 Å². The van der Waals surface area contributed by atoms with E-state index in [1.165, 1.54) is 7.11 Å². The Kier molecular flexibility index (Phi) is 4.69. The van der Waals surface area contributed by atoms with Crippen molar-refractivity contribution in [3.8, 4) is 0 Å². The van der Waals surface area contributed by atoms with Crippen molar-refractivity contribution in [2.75, 3.05) is 7.11 Å². The van der Waals surface area contributed by atoms with Crippen molar-refractivity contribution in [3.63, 3.8) is 0 Å². The van der Waals surface area contributed by atoms with Crippen molar-refractivity contribution in [1.29, 1.82) is 0 Å². The topological polar surface area (TPSA) is 136 Å². The SMILES string of the molecule is COC(=O)c1ncc(C(O)C(O)CC(N)=O)cn1. The zero-order valence-electron chi connectivity index (χ0n) is 9.61. The van der Waals surface area contributed by atoms with Gasteiger partial charge >= 0.3 is 5.97 Å². The molecule has 4 N–H and O–H groups in total. The average molecular weight is 255 g/mol. The molecule has 1 aromatic rings. The first-order chi connectivity index (χ1) is 8.45. The Morgan fingerprint density at radius 3 is 2.39 bits per heavy atom. The summed E-state index contributed by atoms with van der Waals surface area (Å²) in [5.74, 6) is -1.62. The number of hydrogen-bond acceptors (Lipinski definition) is 7. The van der Waals surface area contributed by atoms with Gasteiger partial charge in [0.15, 0.2) is 0 Å². The van der Waals surface area contributed by atoms with Crippen molar-refractivity contribution in [2.45, 2.75) is 18.6 Å². The minimum Gasteiger partial charge on any atom is -0.463 e. The molecule has 2 atom stereocenters. The van der Waals surface area contributed by atoms with E-state index in [4.69, 9.17) is 5.73 Å². The summed E-state index contributed by atoms with van der Waals surface area (Å²) >= 11 is 0. The summed E-state index contributed by atoms with van der Waals surface area (Å²) in [5, 5.41) is 19.1. The predicted octanol–water partition coefficient (Wildman–Crippen LogP) is -1.47. The van der Waals surface area contributed by atoms with Gasteiger partial charge in [-0.3, -0.25) is 4.79 Å². The van der Waals surface area contributed by atoms with Gasteiger partial charge in [0.1, 0.15) is 6.10 Å². The average Bonchev–Trinajstić information content (AvgIpc) is 2.36. The van der Waals surface area contributed by atoms with Crippen LogP contribution in [-0.4, -0.2) is 45.3 Å². The van der Waals surface area contributed by atoms with Gasteiger partial charge < -0.3 is 20.7 Å². The number of aliphatic hydroxyl groups excluding tert-OH is 2. The third-order valence-electron chi connectivity index (χ3n) is 2.16. The maximum absolute atomic E-state index is 11.1. The Morgan fingerprint density at radius 1 is 1.39 bits per heavy atom. The van der Waals surface area contributed by atoms with Crippen LogP contribution in [0.3, 0.4) is 0 Å². The first kappa shape index (κ1) is 14.0. The van der Waals surface area contributed by atoms with E-state index < -0.39 is 24.1 Å². The van der Waals surface area contributed by atoms with Gasteiger partial charge in [-0.25, -0.2) is 14.8 Å². The molecule has 8 heteroatoms. The van der Waals surface area contributed by atoms with Crippen LogP contribution in [0.5, 0.6) is 0 Å². The lowest BCUT2D eigenvalue weighted by molar-refractivity contribution is -0.121. The number of carbonyl (C=O) groups is 2. The molecule has 0 radical (unpaired) electrons. The summed E-state index contributed by atoms with van der Waals surface area (Å²) in [5.41, 5.74) is 5.05. The van der Waals surface area contributed by atoms with Gasteiger partial charge in [-0.05, 0) is 0 Å². The lowest BCUT2D eigenvalue weighted by Gasteiger charge is -2.15. The van der Waals surface area contributed by atoms with Crippen LogP contribution in [0, 0.1) is 0 Å². The molecule has 0 aliphatic rings. The third-order valence-corrected chi connectivity index (χ3v) is 2.16. The number of amides is 1. The van der Waals surface area contributed by atoms with Crippen LogP contribution in [0.2, 0.25) is 0 Å². The lowest BCUT2D eigenvalue weighted by atomic mass is 10.1. The van der Waals surface area contributed by atoms with Crippen LogP contribution in [0.15, 0.2) is 12.4 Å². The molecule has 0 spiro atoms. The van der Waals surface area contributed by atoms with Crippen LogP contribution in [0.1, 0.15) is 28.7 Å². The van der Waals surface area contributed by atoms with Crippen molar-refractivity contribution in [2.24, 2.45) is 5.73 Å². The lowest BCUT2D eigenvalue weighted by Crippen LogP contribution is -2.26. The highest BCUT2D eigenvalue weighted by Crippen LogP contribution is 2.17. The molecule has 0 saturated carbocycles.